The molecule has 0 unspecified atom stereocenters. The molecule has 0 amide bonds. The zero-order valence-corrected chi connectivity index (χ0v) is 14.9. The normalized spacial score (nSPS) is 13.8. The van der Waals surface area contributed by atoms with Crippen LogP contribution in [-0.4, -0.2) is 24.5 Å². The molecule has 0 bridgehead atoms. The third-order valence-corrected chi connectivity index (χ3v) is 4.68. The Morgan fingerprint density at radius 1 is 0.963 bits per heavy atom. The van der Waals surface area contributed by atoms with Crippen LogP contribution >= 0.6 is 0 Å². The lowest BCUT2D eigenvalue weighted by molar-refractivity contribution is 0.838. The molecule has 0 spiro atoms. The summed E-state index contributed by atoms with van der Waals surface area (Å²) in [5.74, 6) is 2.52. The molecule has 0 saturated heterocycles. The molecule has 134 valence electrons. The number of benzene rings is 2. The average molecular weight is 357 g/mol. The topological polar surface area (TPSA) is 94.5 Å². The number of anilines is 3. The number of nitrogens with one attached hydrogen (secondary N) is 1. The Kier molecular flexibility index (Phi) is 3.53. The number of nitrogen functional groups attached to an aromatic ring is 1. The van der Waals surface area contributed by atoms with Crippen molar-refractivity contribution in [3.05, 3.63) is 59.9 Å². The van der Waals surface area contributed by atoms with Gasteiger partial charge >= 0.3 is 0 Å². The van der Waals surface area contributed by atoms with Crippen molar-refractivity contribution in [1.29, 1.82) is 0 Å². The van der Waals surface area contributed by atoms with E-state index in [4.69, 9.17) is 10.7 Å². The fraction of sp³-hybridized carbons (Fsp3) is 0.200. The molecular weight excluding hydrogens is 338 g/mol. The number of rotatable bonds is 4. The van der Waals surface area contributed by atoms with Gasteiger partial charge in [-0.1, -0.05) is 29.8 Å². The summed E-state index contributed by atoms with van der Waals surface area (Å²) in [6.07, 6.45) is 2.27. The summed E-state index contributed by atoms with van der Waals surface area (Å²) in [6, 6.07) is 16.0. The second-order valence-electron chi connectivity index (χ2n) is 6.88. The van der Waals surface area contributed by atoms with Crippen molar-refractivity contribution in [3.63, 3.8) is 0 Å². The maximum Gasteiger partial charge on any atom is 0.242 e. The van der Waals surface area contributed by atoms with Gasteiger partial charge in [0.2, 0.25) is 17.8 Å². The van der Waals surface area contributed by atoms with E-state index >= 15 is 0 Å². The number of nitrogens with two attached hydrogens (primary N) is 1. The summed E-state index contributed by atoms with van der Waals surface area (Å²) < 4.78 is 2.01. The molecule has 7 nitrogen and oxygen atoms in total. The van der Waals surface area contributed by atoms with E-state index < -0.39 is 0 Å². The molecule has 0 aliphatic heterocycles. The first-order valence-corrected chi connectivity index (χ1v) is 9.00. The van der Waals surface area contributed by atoms with Gasteiger partial charge in [-0.3, -0.25) is 4.57 Å². The van der Waals surface area contributed by atoms with E-state index in [1.807, 2.05) is 60.0 Å². The van der Waals surface area contributed by atoms with E-state index in [9.17, 15) is 0 Å². The minimum Gasteiger partial charge on any atom is -0.368 e. The molecule has 0 atom stereocenters. The first-order chi connectivity index (χ1) is 13.2. The minimum atomic E-state index is 0.175. The van der Waals surface area contributed by atoms with E-state index in [1.54, 1.807) is 0 Å². The van der Waals surface area contributed by atoms with Gasteiger partial charge < -0.3 is 11.1 Å². The number of imidazole rings is 1. The maximum absolute atomic E-state index is 5.99. The predicted molar refractivity (Wildman–Crippen MR) is 105 cm³/mol. The Hall–Kier alpha value is -3.48. The third kappa shape index (κ3) is 2.97. The van der Waals surface area contributed by atoms with Crippen LogP contribution in [0.15, 0.2) is 48.5 Å². The average Bonchev–Trinajstić information content (AvgIpc) is 3.43. The minimum absolute atomic E-state index is 0.175. The van der Waals surface area contributed by atoms with Crippen molar-refractivity contribution in [1.82, 2.24) is 24.5 Å². The van der Waals surface area contributed by atoms with Crippen LogP contribution in [0, 0.1) is 6.92 Å². The molecule has 3 N–H and O–H groups in total. The lowest BCUT2D eigenvalue weighted by atomic mass is 10.2. The van der Waals surface area contributed by atoms with Gasteiger partial charge in [0.25, 0.3) is 0 Å². The summed E-state index contributed by atoms with van der Waals surface area (Å²) in [7, 11) is 0. The summed E-state index contributed by atoms with van der Waals surface area (Å²) in [6.45, 7) is 2.05. The number of para-hydroxylation sites is 2. The zero-order valence-electron chi connectivity index (χ0n) is 14.9. The molecule has 1 aliphatic carbocycles. The van der Waals surface area contributed by atoms with E-state index in [1.165, 1.54) is 5.56 Å². The van der Waals surface area contributed by atoms with Crippen LogP contribution in [-0.2, 0) is 0 Å². The van der Waals surface area contributed by atoms with Gasteiger partial charge in [0, 0.05) is 11.6 Å². The van der Waals surface area contributed by atoms with Crippen LogP contribution in [0.25, 0.3) is 17.0 Å². The van der Waals surface area contributed by atoms with Gasteiger partial charge in [-0.15, -0.1) is 0 Å². The van der Waals surface area contributed by atoms with Crippen molar-refractivity contribution in [3.8, 4) is 5.95 Å². The monoisotopic (exact) mass is 357 g/mol. The number of aromatic nitrogens is 5. The van der Waals surface area contributed by atoms with Crippen molar-refractivity contribution < 1.29 is 0 Å². The van der Waals surface area contributed by atoms with Gasteiger partial charge in [-0.25, -0.2) is 4.98 Å². The SMILES string of the molecule is Cc1ccc(Nc2nc(N)nc(-n3c(C4CC4)nc4ccccc43)n2)cc1. The maximum atomic E-state index is 5.99. The van der Waals surface area contributed by atoms with Gasteiger partial charge in [0.15, 0.2) is 0 Å². The first kappa shape index (κ1) is 15.7. The molecule has 27 heavy (non-hydrogen) atoms. The first-order valence-electron chi connectivity index (χ1n) is 9.00. The van der Waals surface area contributed by atoms with Gasteiger partial charge in [-0.05, 0) is 44.0 Å². The molecule has 0 radical (unpaired) electrons. The van der Waals surface area contributed by atoms with Crippen LogP contribution in [0.1, 0.15) is 30.1 Å². The molecule has 2 aromatic heterocycles. The number of hydrogen-bond donors (Lipinski definition) is 2. The molecule has 4 aromatic rings. The smallest absolute Gasteiger partial charge is 0.242 e. The second kappa shape index (κ2) is 6.05. The largest absolute Gasteiger partial charge is 0.368 e. The molecule has 1 fully saturated rings. The molecule has 1 saturated carbocycles. The summed E-state index contributed by atoms with van der Waals surface area (Å²) in [4.78, 5) is 18.1. The standard InChI is InChI=1S/C20H19N7/c1-12-6-10-14(11-7-12)22-19-24-18(21)25-20(26-19)27-16-5-3-2-4-15(16)23-17(27)13-8-9-13/h2-7,10-11,13H,8-9H2,1H3,(H3,21,22,24,25,26). The summed E-state index contributed by atoms with van der Waals surface area (Å²) >= 11 is 0. The molecule has 2 heterocycles. The predicted octanol–water partition coefficient (Wildman–Crippen LogP) is 3.72. The van der Waals surface area contributed by atoms with E-state index in [0.717, 1.165) is 35.4 Å². The zero-order chi connectivity index (χ0) is 18.4. The van der Waals surface area contributed by atoms with Crippen molar-refractivity contribution in [2.45, 2.75) is 25.7 Å². The summed E-state index contributed by atoms with van der Waals surface area (Å²) in [5.41, 5.74) is 10.00. The number of hydrogen-bond acceptors (Lipinski definition) is 6. The van der Waals surface area contributed by atoms with Crippen LogP contribution < -0.4 is 11.1 Å². The lowest BCUT2D eigenvalue weighted by Gasteiger charge is -2.10. The Labute approximate surface area is 156 Å². The van der Waals surface area contributed by atoms with Crippen molar-refractivity contribution in [2.24, 2.45) is 0 Å². The molecule has 1 aliphatic rings. The van der Waals surface area contributed by atoms with E-state index in [-0.39, 0.29) is 5.95 Å². The number of fused-ring (bicyclic) bond motifs is 1. The highest BCUT2D eigenvalue weighted by Gasteiger charge is 2.31. The van der Waals surface area contributed by atoms with Crippen LogP contribution in [0.3, 0.4) is 0 Å². The van der Waals surface area contributed by atoms with Crippen molar-refractivity contribution >= 4 is 28.6 Å². The van der Waals surface area contributed by atoms with Crippen LogP contribution in [0.4, 0.5) is 17.6 Å². The van der Waals surface area contributed by atoms with Crippen LogP contribution in [0.2, 0.25) is 0 Å². The molecule has 2 aromatic carbocycles. The van der Waals surface area contributed by atoms with Gasteiger partial charge in [0.05, 0.1) is 11.0 Å². The quantitative estimate of drug-likeness (QED) is 0.578. The fourth-order valence-electron chi connectivity index (χ4n) is 3.17. The van der Waals surface area contributed by atoms with E-state index in [0.29, 0.717) is 17.8 Å². The van der Waals surface area contributed by atoms with Gasteiger partial charge in [0.1, 0.15) is 5.82 Å². The Morgan fingerprint density at radius 2 is 1.74 bits per heavy atom. The highest BCUT2D eigenvalue weighted by molar-refractivity contribution is 5.78. The fourth-order valence-corrected chi connectivity index (χ4v) is 3.17. The Morgan fingerprint density at radius 3 is 2.52 bits per heavy atom. The second-order valence-corrected chi connectivity index (χ2v) is 6.88. The Bertz CT molecular complexity index is 1130. The highest BCUT2D eigenvalue weighted by atomic mass is 15.3. The lowest BCUT2D eigenvalue weighted by Crippen LogP contribution is -2.11. The van der Waals surface area contributed by atoms with Gasteiger partial charge in [-0.2, -0.15) is 15.0 Å². The third-order valence-electron chi connectivity index (χ3n) is 4.68. The summed E-state index contributed by atoms with van der Waals surface area (Å²) in [5, 5.41) is 3.21. The number of nitrogens with zero attached hydrogens (tertiary/aromatic N) is 5. The number of aryl methyl sites for hydroxylation is 1. The Balaban J connectivity index is 1.61. The van der Waals surface area contributed by atoms with Crippen LogP contribution in [0.5, 0.6) is 0 Å². The molecule has 5 rings (SSSR count). The molecular formula is C20H19N7. The van der Waals surface area contributed by atoms with E-state index in [2.05, 4.69) is 20.3 Å². The highest BCUT2D eigenvalue weighted by Crippen LogP contribution is 2.41. The molecule has 7 heteroatoms. The van der Waals surface area contributed by atoms with Crippen molar-refractivity contribution in [2.75, 3.05) is 11.1 Å².